The van der Waals surface area contributed by atoms with Gasteiger partial charge in [-0.1, -0.05) is 29.4 Å². The average molecular weight is 545 g/mol. The number of likely N-dealkylation sites (N-methyl/N-ethyl adjacent to an activating group) is 1. The molecule has 2 aliphatic rings. The molecule has 10 heteroatoms. The number of ether oxygens (including phenoxy) is 1. The van der Waals surface area contributed by atoms with Crippen LogP contribution in [0.15, 0.2) is 53.1 Å². The van der Waals surface area contributed by atoms with Crippen LogP contribution in [0.25, 0.3) is 23.0 Å². The summed E-state index contributed by atoms with van der Waals surface area (Å²) in [7, 11) is 2.07. The molecule has 9 nitrogen and oxygen atoms in total. The maximum absolute atomic E-state index is 14.9. The normalized spacial score (nSPS) is 16.9. The Balaban J connectivity index is 1.16. The van der Waals surface area contributed by atoms with Gasteiger partial charge in [0.25, 0.3) is 11.8 Å². The quantitative estimate of drug-likeness (QED) is 0.356. The standard InChI is InChI=1S/C30H33FN6O3/c1-20-16-27(29-32-28(34-40-29)23-6-7-25(26(31)18-23)22-8-14-39-15-9-22)33-37(20)19-21-4-3-5-24(17-21)30(38)36-12-10-35(2)11-13-36/h3-7,16-18,22H,8-15,19H2,1-2H3. The molecule has 0 saturated carbocycles. The summed E-state index contributed by atoms with van der Waals surface area (Å²) in [5, 5.41) is 8.76. The largest absolute Gasteiger partial charge is 0.381 e. The Labute approximate surface area is 232 Å². The fourth-order valence-corrected chi connectivity index (χ4v) is 5.39. The van der Waals surface area contributed by atoms with Gasteiger partial charge in [-0.15, -0.1) is 0 Å². The van der Waals surface area contributed by atoms with Crippen molar-refractivity contribution in [1.29, 1.82) is 0 Å². The summed E-state index contributed by atoms with van der Waals surface area (Å²) >= 11 is 0. The van der Waals surface area contributed by atoms with Gasteiger partial charge in [0.05, 0.1) is 6.54 Å². The first-order valence-corrected chi connectivity index (χ1v) is 13.8. The maximum atomic E-state index is 14.9. The SMILES string of the molecule is Cc1cc(-c2nc(-c3ccc(C4CCOCC4)c(F)c3)no2)nn1Cc1cccc(C(=O)N2CCN(C)CC2)c1. The van der Waals surface area contributed by atoms with Gasteiger partial charge in [-0.3, -0.25) is 9.48 Å². The average Bonchev–Trinajstić information content (AvgIpc) is 3.61. The molecule has 4 aromatic rings. The molecular weight excluding hydrogens is 511 g/mol. The lowest BCUT2D eigenvalue weighted by Gasteiger charge is -2.32. The Morgan fingerprint density at radius 3 is 2.62 bits per heavy atom. The number of nitrogens with zero attached hydrogens (tertiary/aromatic N) is 6. The Bertz CT molecular complexity index is 1500. The van der Waals surface area contributed by atoms with Crippen LogP contribution in [0.5, 0.6) is 0 Å². The minimum absolute atomic E-state index is 0.0587. The Morgan fingerprint density at radius 1 is 1.05 bits per heavy atom. The van der Waals surface area contributed by atoms with E-state index in [1.165, 1.54) is 6.07 Å². The molecule has 2 fully saturated rings. The second-order valence-corrected chi connectivity index (χ2v) is 10.7. The van der Waals surface area contributed by atoms with Gasteiger partial charge in [-0.2, -0.15) is 10.1 Å². The van der Waals surface area contributed by atoms with Crippen molar-refractivity contribution in [2.75, 3.05) is 46.4 Å². The summed E-state index contributed by atoms with van der Waals surface area (Å²) in [6.07, 6.45) is 1.64. The first kappa shape index (κ1) is 26.3. The van der Waals surface area contributed by atoms with Gasteiger partial charge in [0, 0.05) is 56.2 Å². The van der Waals surface area contributed by atoms with Gasteiger partial charge in [0.1, 0.15) is 5.82 Å². The fourth-order valence-electron chi connectivity index (χ4n) is 5.39. The number of benzene rings is 2. The number of amides is 1. The minimum atomic E-state index is -0.260. The Kier molecular flexibility index (Phi) is 7.44. The molecule has 2 aliphatic heterocycles. The number of rotatable bonds is 6. The molecule has 0 atom stereocenters. The molecule has 2 saturated heterocycles. The van der Waals surface area contributed by atoms with Crippen LogP contribution in [0.4, 0.5) is 4.39 Å². The number of aryl methyl sites for hydroxylation is 1. The first-order valence-electron chi connectivity index (χ1n) is 13.8. The third kappa shape index (κ3) is 5.55. The molecule has 0 radical (unpaired) electrons. The molecular formula is C30H33FN6O3. The van der Waals surface area contributed by atoms with Gasteiger partial charge in [0.2, 0.25) is 5.82 Å². The van der Waals surface area contributed by atoms with Gasteiger partial charge in [-0.05, 0) is 68.1 Å². The highest BCUT2D eigenvalue weighted by molar-refractivity contribution is 5.94. The van der Waals surface area contributed by atoms with Crippen LogP contribution in [0.2, 0.25) is 0 Å². The van der Waals surface area contributed by atoms with E-state index in [1.807, 2.05) is 59.0 Å². The van der Waals surface area contributed by atoms with Crippen LogP contribution in [-0.2, 0) is 11.3 Å². The van der Waals surface area contributed by atoms with E-state index in [1.54, 1.807) is 0 Å². The highest BCUT2D eigenvalue weighted by atomic mass is 19.1. The Morgan fingerprint density at radius 2 is 1.85 bits per heavy atom. The van der Waals surface area contributed by atoms with Crippen LogP contribution in [0, 0.1) is 12.7 Å². The van der Waals surface area contributed by atoms with Crippen molar-refractivity contribution >= 4 is 5.91 Å². The third-order valence-electron chi connectivity index (χ3n) is 7.84. The third-order valence-corrected chi connectivity index (χ3v) is 7.84. The summed E-state index contributed by atoms with van der Waals surface area (Å²) in [4.78, 5) is 21.7. The van der Waals surface area contributed by atoms with Crippen LogP contribution in [0.3, 0.4) is 0 Å². The van der Waals surface area contributed by atoms with E-state index in [9.17, 15) is 9.18 Å². The predicted molar refractivity (Wildman–Crippen MR) is 147 cm³/mol. The summed E-state index contributed by atoms with van der Waals surface area (Å²) in [6, 6.07) is 14.7. The molecule has 208 valence electrons. The highest BCUT2D eigenvalue weighted by Crippen LogP contribution is 2.31. The molecule has 2 aromatic heterocycles. The minimum Gasteiger partial charge on any atom is -0.381 e. The van der Waals surface area contributed by atoms with Crippen LogP contribution < -0.4 is 0 Å². The van der Waals surface area contributed by atoms with Crippen LogP contribution >= 0.6 is 0 Å². The second-order valence-electron chi connectivity index (χ2n) is 10.7. The number of aromatic nitrogens is 4. The van der Waals surface area contributed by atoms with Crippen molar-refractivity contribution in [2.45, 2.75) is 32.2 Å². The molecule has 2 aromatic carbocycles. The van der Waals surface area contributed by atoms with Crippen molar-refractivity contribution in [1.82, 2.24) is 29.7 Å². The molecule has 0 spiro atoms. The Hall–Kier alpha value is -3.89. The lowest BCUT2D eigenvalue weighted by atomic mass is 9.90. The zero-order chi connectivity index (χ0) is 27.6. The number of carbonyl (C=O) groups excluding carboxylic acids is 1. The van der Waals surface area contributed by atoms with E-state index in [-0.39, 0.29) is 23.5 Å². The highest BCUT2D eigenvalue weighted by Gasteiger charge is 2.22. The van der Waals surface area contributed by atoms with Crippen molar-refractivity contribution < 1.29 is 18.4 Å². The van der Waals surface area contributed by atoms with Crippen LogP contribution in [-0.4, -0.2) is 82.1 Å². The summed E-state index contributed by atoms with van der Waals surface area (Å²) in [5.74, 6) is 0.549. The zero-order valence-electron chi connectivity index (χ0n) is 22.8. The summed E-state index contributed by atoms with van der Waals surface area (Å²) < 4.78 is 27.7. The number of halogens is 1. The van der Waals surface area contributed by atoms with Crippen molar-refractivity contribution in [3.63, 3.8) is 0 Å². The number of hydrogen-bond acceptors (Lipinski definition) is 7. The van der Waals surface area contributed by atoms with Gasteiger partial charge < -0.3 is 19.1 Å². The molecule has 0 aliphatic carbocycles. The van der Waals surface area contributed by atoms with E-state index in [0.29, 0.717) is 48.0 Å². The van der Waals surface area contributed by atoms with Gasteiger partial charge >= 0.3 is 0 Å². The number of hydrogen-bond donors (Lipinski definition) is 0. The summed E-state index contributed by atoms with van der Waals surface area (Å²) in [6.45, 7) is 7.01. The van der Waals surface area contributed by atoms with E-state index >= 15 is 0 Å². The zero-order valence-corrected chi connectivity index (χ0v) is 22.8. The monoisotopic (exact) mass is 544 g/mol. The predicted octanol–water partition coefficient (Wildman–Crippen LogP) is 4.38. The van der Waals surface area contributed by atoms with E-state index in [0.717, 1.165) is 50.3 Å². The first-order chi connectivity index (χ1) is 19.4. The van der Waals surface area contributed by atoms with E-state index in [2.05, 4.69) is 27.2 Å². The molecule has 40 heavy (non-hydrogen) atoms. The molecule has 6 rings (SSSR count). The molecule has 0 N–H and O–H groups in total. The molecule has 4 heterocycles. The van der Waals surface area contributed by atoms with E-state index < -0.39 is 0 Å². The van der Waals surface area contributed by atoms with E-state index in [4.69, 9.17) is 9.26 Å². The maximum Gasteiger partial charge on any atom is 0.278 e. The lowest BCUT2D eigenvalue weighted by molar-refractivity contribution is 0.0664. The van der Waals surface area contributed by atoms with Crippen molar-refractivity contribution in [3.8, 4) is 23.0 Å². The smallest absolute Gasteiger partial charge is 0.278 e. The number of carbonyl (C=O) groups is 1. The van der Waals surface area contributed by atoms with Gasteiger partial charge in [0.15, 0.2) is 5.69 Å². The second kappa shape index (κ2) is 11.3. The lowest BCUT2D eigenvalue weighted by Crippen LogP contribution is -2.47. The van der Waals surface area contributed by atoms with Crippen LogP contribution in [0.1, 0.15) is 45.9 Å². The fraction of sp³-hybridized carbons (Fsp3) is 0.400. The van der Waals surface area contributed by atoms with Crippen molar-refractivity contribution in [3.05, 3.63) is 76.7 Å². The van der Waals surface area contributed by atoms with Gasteiger partial charge in [-0.25, -0.2) is 4.39 Å². The summed E-state index contributed by atoms with van der Waals surface area (Å²) in [5.41, 5.74) is 4.38. The van der Waals surface area contributed by atoms with Crippen molar-refractivity contribution in [2.24, 2.45) is 0 Å². The molecule has 0 unspecified atom stereocenters. The number of piperazine rings is 1. The molecule has 1 amide bonds. The molecule has 0 bridgehead atoms. The topological polar surface area (TPSA) is 89.5 Å².